The third-order valence-corrected chi connectivity index (χ3v) is 5.64. The molecule has 3 aromatic rings. The highest BCUT2D eigenvalue weighted by Crippen LogP contribution is 2.25. The molecule has 9 heteroatoms. The summed E-state index contributed by atoms with van der Waals surface area (Å²) in [5, 5.41) is 11.0. The number of hydrogen-bond donors (Lipinski definition) is 1. The van der Waals surface area contributed by atoms with Crippen molar-refractivity contribution in [2.45, 2.75) is 78.0 Å². The highest BCUT2D eigenvalue weighted by molar-refractivity contribution is 5.91. The first-order chi connectivity index (χ1) is 17.7. The predicted molar refractivity (Wildman–Crippen MR) is 144 cm³/mol. The molecule has 0 spiro atoms. The summed E-state index contributed by atoms with van der Waals surface area (Å²) in [6, 6.07) is 11.5. The summed E-state index contributed by atoms with van der Waals surface area (Å²) in [6.07, 6.45) is 3.08. The number of carboxylic acids is 1. The van der Waals surface area contributed by atoms with Crippen molar-refractivity contribution in [1.82, 2.24) is 14.5 Å². The molecule has 1 aromatic carbocycles. The van der Waals surface area contributed by atoms with Crippen LogP contribution >= 0.6 is 0 Å². The van der Waals surface area contributed by atoms with Gasteiger partial charge in [0.2, 0.25) is 0 Å². The van der Waals surface area contributed by atoms with Crippen molar-refractivity contribution in [1.29, 1.82) is 0 Å². The van der Waals surface area contributed by atoms with Gasteiger partial charge >= 0.3 is 18.2 Å². The third-order valence-electron chi connectivity index (χ3n) is 5.64. The number of carbonyl (C=O) groups excluding carboxylic acids is 2. The largest absolute Gasteiger partial charge is 0.480 e. The molecule has 0 saturated heterocycles. The van der Waals surface area contributed by atoms with Gasteiger partial charge in [-0.2, -0.15) is 0 Å². The molecule has 0 fully saturated rings. The van der Waals surface area contributed by atoms with Crippen molar-refractivity contribution in [2.24, 2.45) is 0 Å². The summed E-state index contributed by atoms with van der Waals surface area (Å²) in [7, 11) is 0. The van der Waals surface area contributed by atoms with Gasteiger partial charge in [0.25, 0.3) is 0 Å². The lowest BCUT2D eigenvalue weighted by atomic mass is 10.1. The lowest BCUT2D eigenvalue weighted by molar-refractivity contribution is -0.143. The zero-order valence-electron chi connectivity index (χ0n) is 22.9. The van der Waals surface area contributed by atoms with Gasteiger partial charge < -0.3 is 14.6 Å². The van der Waals surface area contributed by atoms with Gasteiger partial charge in [-0.25, -0.2) is 19.0 Å². The summed E-state index contributed by atoms with van der Waals surface area (Å²) in [6.45, 7) is 10.6. The molecule has 0 unspecified atom stereocenters. The molecule has 0 aliphatic rings. The van der Waals surface area contributed by atoms with Crippen LogP contribution in [0.4, 0.5) is 9.59 Å². The molecular formula is C29H37N3O6. The summed E-state index contributed by atoms with van der Waals surface area (Å²) < 4.78 is 12.6. The van der Waals surface area contributed by atoms with E-state index in [2.05, 4.69) is 4.98 Å². The van der Waals surface area contributed by atoms with Gasteiger partial charge in [0.15, 0.2) is 0 Å². The second kappa shape index (κ2) is 11.7. The van der Waals surface area contributed by atoms with E-state index in [1.165, 1.54) is 9.47 Å². The smallest absolute Gasteiger partial charge is 0.419 e. The number of fused-ring (bicyclic) bond motifs is 1. The van der Waals surface area contributed by atoms with E-state index in [4.69, 9.17) is 9.47 Å². The standard InChI is InChI=1S/C29H37N3O6/c1-28(2,3)37-26(35)31(16-10-12-20-11-9-15-30-19-20)24(25(33)34)18-22-17-21-13-7-8-14-23(21)32(22)27(36)38-29(4,5)6/h7-9,11,13-15,17,19,24H,10,12,16,18H2,1-6H3,(H,33,34)/t24-/m0/s1. The second-order valence-electron chi connectivity index (χ2n) is 11.2. The van der Waals surface area contributed by atoms with Crippen molar-refractivity contribution in [3.8, 4) is 0 Å². The number of pyridine rings is 1. The van der Waals surface area contributed by atoms with Crippen molar-refractivity contribution in [3.05, 3.63) is 66.1 Å². The minimum atomic E-state index is -1.27. The first kappa shape index (κ1) is 28.7. The van der Waals surface area contributed by atoms with E-state index >= 15 is 0 Å². The number of aromatic nitrogens is 2. The van der Waals surface area contributed by atoms with Crippen LogP contribution in [-0.2, 0) is 27.1 Å². The lowest BCUT2D eigenvalue weighted by Gasteiger charge is -2.32. The van der Waals surface area contributed by atoms with Crippen LogP contribution in [0.25, 0.3) is 10.9 Å². The third kappa shape index (κ3) is 7.81. The summed E-state index contributed by atoms with van der Waals surface area (Å²) in [5.74, 6) is -1.20. The average molecular weight is 524 g/mol. The Morgan fingerprint density at radius 3 is 2.29 bits per heavy atom. The van der Waals surface area contributed by atoms with Crippen LogP contribution in [0.1, 0.15) is 59.2 Å². The van der Waals surface area contributed by atoms with Crippen LogP contribution in [0.3, 0.4) is 0 Å². The van der Waals surface area contributed by atoms with Gasteiger partial charge in [-0.15, -0.1) is 0 Å². The van der Waals surface area contributed by atoms with E-state index in [9.17, 15) is 19.5 Å². The number of para-hydroxylation sites is 1. The molecule has 0 aliphatic heterocycles. The number of amides is 1. The molecule has 9 nitrogen and oxygen atoms in total. The van der Waals surface area contributed by atoms with Gasteiger partial charge in [0, 0.05) is 36.4 Å². The van der Waals surface area contributed by atoms with Crippen LogP contribution in [0.5, 0.6) is 0 Å². The number of hydrogen-bond acceptors (Lipinski definition) is 6. The fourth-order valence-corrected chi connectivity index (χ4v) is 4.11. The topological polar surface area (TPSA) is 111 Å². The molecule has 0 saturated carbocycles. The Labute approximate surface area is 223 Å². The van der Waals surface area contributed by atoms with Crippen molar-refractivity contribution in [3.63, 3.8) is 0 Å². The maximum atomic E-state index is 13.2. The Morgan fingerprint density at radius 2 is 1.68 bits per heavy atom. The minimum Gasteiger partial charge on any atom is -0.480 e. The highest BCUT2D eigenvalue weighted by Gasteiger charge is 2.34. The molecule has 2 aromatic heterocycles. The number of ether oxygens (including phenoxy) is 2. The zero-order chi connectivity index (χ0) is 28.1. The van der Waals surface area contributed by atoms with Gasteiger partial charge in [0.1, 0.15) is 17.2 Å². The highest BCUT2D eigenvalue weighted by atomic mass is 16.6. The van der Waals surface area contributed by atoms with Crippen molar-refractivity contribution in [2.75, 3.05) is 6.54 Å². The fraction of sp³-hybridized carbons (Fsp3) is 0.448. The van der Waals surface area contributed by atoms with Crippen LogP contribution in [0.15, 0.2) is 54.9 Å². The van der Waals surface area contributed by atoms with E-state index in [1.54, 1.807) is 72.1 Å². The monoisotopic (exact) mass is 523 g/mol. The lowest BCUT2D eigenvalue weighted by Crippen LogP contribution is -2.49. The Balaban J connectivity index is 1.96. The summed E-state index contributed by atoms with van der Waals surface area (Å²) in [5.41, 5.74) is 0.442. The maximum Gasteiger partial charge on any atom is 0.419 e. The van der Waals surface area contributed by atoms with Gasteiger partial charge in [0.05, 0.1) is 5.52 Å². The fourth-order valence-electron chi connectivity index (χ4n) is 4.11. The van der Waals surface area contributed by atoms with Crippen molar-refractivity contribution >= 4 is 29.1 Å². The molecule has 2 heterocycles. The first-order valence-electron chi connectivity index (χ1n) is 12.7. The predicted octanol–water partition coefficient (Wildman–Crippen LogP) is 5.69. The van der Waals surface area contributed by atoms with Crippen LogP contribution in [-0.4, -0.2) is 61.5 Å². The zero-order valence-corrected chi connectivity index (χ0v) is 22.9. The normalized spacial score (nSPS) is 12.7. The SMILES string of the molecule is CC(C)(C)OC(=O)N(CCCc1cccnc1)[C@@H](Cc1cc2ccccc2n1C(=O)OC(C)(C)C)C(=O)O. The average Bonchev–Trinajstić information content (AvgIpc) is 3.17. The second-order valence-corrected chi connectivity index (χ2v) is 11.2. The van der Waals surface area contributed by atoms with E-state index in [-0.39, 0.29) is 13.0 Å². The molecule has 0 bridgehead atoms. The van der Waals surface area contributed by atoms with Gasteiger partial charge in [-0.3, -0.25) is 9.88 Å². The molecule has 3 rings (SSSR count). The van der Waals surface area contributed by atoms with Gasteiger partial charge in [-0.1, -0.05) is 24.3 Å². The Morgan fingerprint density at radius 1 is 1.00 bits per heavy atom. The number of carbonyl (C=O) groups is 3. The van der Waals surface area contributed by atoms with Crippen LogP contribution in [0.2, 0.25) is 0 Å². The maximum absolute atomic E-state index is 13.2. The number of benzene rings is 1. The molecule has 1 atom stereocenters. The Kier molecular flexibility index (Phi) is 8.81. The number of aryl methyl sites for hydroxylation is 1. The van der Waals surface area contributed by atoms with E-state index in [0.29, 0.717) is 24.1 Å². The number of nitrogens with zero attached hydrogens (tertiary/aromatic N) is 3. The number of rotatable bonds is 8. The summed E-state index contributed by atoms with van der Waals surface area (Å²) >= 11 is 0. The number of carboxylic acid groups (broad SMARTS) is 1. The van der Waals surface area contributed by atoms with E-state index in [1.807, 2.05) is 24.3 Å². The quantitative estimate of drug-likeness (QED) is 0.404. The van der Waals surface area contributed by atoms with Crippen LogP contribution in [0, 0.1) is 0 Å². The van der Waals surface area contributed by atoms with Gasteiger partial charge in [-0.05, 0) is 78.1 Å². The molecule has 0 aliphatic carbocycles. The molecule has 0 radical (unpaired) electrons. The van der Waals surface area contributed by atoms with Crippen LogP contribution < -0.4 is 0 Å². The summed E-state index contributed by atoms with van der Waals surface area (Å²) in [4.78, 5) is 44.4. The molecule has 38 heavy (non-hydrogen) atoms. The Bertz CT molecular complexity index is 1270. The molecule has 1 N–H and O–H groups in total. The van der Waals surface area contributed by atoms with E-state index in [0.717, 1.165) is 10.9 Å². The minimum absolute atomic E-state index is 0.116. The molecule has 204 valence electrons. The first-order valence-corrected chi connectivity index (χ1v) is 12.7. The molecule has 1 amide bonds. The van der Waals surface area contributed by atoms with E-state index < -0.39 is 35.4 Å². The van der Waals surface area contributed by atoms with Crippen molar-refractivity contribution < 1.29 is 29.0 Å². The Hall–Kier alpha value is -3.88. The number of aliphatic carboxylic acids is 1. The molecular weight excluding hydrogens is 486 g/mol.